The van der Waals surface area contributed by atoms with Gasteiger partial charge in [-0.1, -0.05) is 34.2 Å². The van der Waals surface area contributed by atoms with Crippen molar-refractivity contribution in [3.05, 3.63) is 11.6 Å². The highest BCUT2D eigenvalue weighted by molar-refractivity contribution is 14.1. The zero-order valence-corrected chi connectivity index (χ0v) is 13.7. The van der Waals surface area contributed by atoms with Crippen LogP contribution in [-0.4, -0.2) is 15.3 Å². The molecule has 5 heteroatoms. The zero-order valence-electron chi connectivity index (χ0n) is 11.5. The van der Waals surface area contributed by atoms with E-state index in [1.807, 2.05) is 13.0 Å². The molecule has 1 unspecified atom stereocenters. The van der Waals surface area contributed by atoms with Gasteiger partial charge in [0, 0.05) is 5.41 Å². The van der Waals surface area contributed by atoms with Gasteiger partial charge in [0.25, 0.3) is 0 Å². The highest BCUT2D eigenvalue weighted by atomic mass is 127. The second kappa shape index (κ2) is 4.35. The zero-order chi connectivity index (χ0) is 14.8. The molecule has 3 saturated carbocycles. The summed E-state index contributed by atoms with van der Waals surface area (Å²) in [5, 5.41) is 0. The van der Waals surface area contributed by atoms with Gasteiger partial charge in [-0.25, -0.2) is 0 Å². The Balaban J connectivity index is 2.01. The number of hydrogen-bond donors (Lipinski definition) is 0. The average Bonchev–Trinajstić information content (AvgIpc) is 2.39. The third kappa shape index (κ3) is 1.64. The van der Waals surface area contributed by atoms with Gasteiger partial charge in [0.1, 0.15) is 0 Å². The minimum Gasteiger partial charge on any atom is -0.199 e. The Kier molecular flexibility index (Phi) is 3.29. The summed E-state index contributed by atoms with van der Waals surface area (Å²) in [5.74, 6) is -8.05. The minimum atomic E-state index is -3.88. The summed E-state index contributed by atoms with van der Waals surface area (Å²) >= 11 is 1.60. The Morgan fingerprint density at radius 1 is 1.05 bits per heavy atom. The molecule has 0 aromatic rings. The van der Waals surface area contributed by atoms with Gasteiger partial charge in [-0.05, 0) is 57.8 Å². The maximum atomic E-state index is 14.7. The third-order valence-corrected chi connectivity index (χ3v) is 7.69. The van der Waals surface area contributed by atoms with Gasteiger partial charge < -0.3 is 0 Å². The van der Waals surface area contributed by atoms with Gasteiger partial charge in [-0.15, -0.1) is 0 Å². The lowest BCUT2D eigenvalue weighted by Crippen LogP contribution is -2.72. The maximum Gasteiger partial charge on any atom is 0.324 e. The molecule has 0 aromatic carbocycles. The molecule has 20 heavy (non-hydrogen) atoms. The van der Waals surface area contributed by atoms with Crippen LogP contribution in [0.1, 0.15) is 51.9 Å². The Morgan fingerprint density at radius 2 is 1.65 bits per heavy atom. The van der Waals surface area contributed by atoms with Gasteiger partial charge in [-0.2, -0.15) is 17.6 Å². The van der Waals surface area contributed by atoms with Crippen molar-refractivity contribution < 1.29 is 17.6 Å². The Bertz CT molecular complexity index is 447. The molecular weight excluding hydrogens is 383 g/mol. The molecule has 4 aliphatic rings. The topological polar surface area (TPSA) is 0 Å². The molecular formula is C15H19F4I. The van der Waals surface area contributed by atoms with Crippen LogP contribution in [0.5, 0.6) is 0 Å². The van der Waals surface area contributed by atoms with Crippen molar-refractivity contribution in [3.63, 3.8) is 0 Å². The fourth-order valence-corrected chi connectivity index (χ4v) is 5.32. The molecule has 0 radical (unpaired) electrons. The standard InChI is InChI=1S/C15H19F4I/c1-10-2-4-11(5-3-10)12-6-8-13(20,9-7-12)15(18,19)14(12,16)17/h2,11H,3-9H2,1H3. The first-order chi connectivity index (χ1) is 9.16. The quantitative estimate of drug-likeness (QED) is 0.227. The van der Waals surface area contributed by atoms with Crippen molar-refractivity contribution in [3.8, 4) is 0 Å². The molecule has 0 spiro atoms. The summed E-state index contributed by atoms with van der Waals surface area (Å²) < 4.78 is 56.6. The third-order valence-electron chi connectivity index (χ3n) is 5.94. The van der Waals surface area contributed by atoms with Crippen molar-refractivity contribution in [1.82, 2.24) is 0 Å². The van der Waals surface area contributed by atoms with Crippen molar-refractivity contribution in [2.75, 3.05) is 0 Å². The monoisotopic (exact) mass is 402 g/mol. The second-order valence-electron chi connectivity index (χ2n) is 6.79. The fraction of sp³-hybridized carbons (Fsp3) is 0.867. The van der Waals surface area contributed by atoms with E-state index in [-0.39, 0.29) is 31.6 Å². The Morgan fingerprint density at radius 3 is 2.15 bits per heavy atom. The van der Waals surface area contributed by atoms with Gasteiger partial charge in [0.2, 0.25) is 0 Å². The van der Waals surface area contributed by atoms with Crippen LogP contribution in [0.3, 0.4) is 0 Å². The van der Waals surface area contributed by atoms with Crippen LogP contribution in [0.15, 0.2) is 11.6 Å². The van der Waals surface area contributed by atoms with E-state index < -0.39 is 20.7 Å². The molecule has 0 N–H and O–H groups in total. The van der Waals surface area contributed by atoms with E-state index in [1.165, 1.54) is 5.57 Å². The summed E-state index contributed by atoms with van der Waals surface area (Å²) in [7, 11) is 0. The SMILES string of the molecule is CC1=CCC(C23CCC(I)(CC2)C(F)(F)C3(F)F)CC1. The van der Waals surface area contributed by atoms with E-state index in [1.54, 1.807) is 22.6 Å². The summed E-state index contributed by atoms with van der Waals surface area (Å²) in [6, 6.07) is 0. The molecule has 114 valence electrons. The van der Waals surface area contributed by atoms with Gasteiger partial charge in [0.15, 0.2) is 0 Å². The first-order valence-corrected chi connectivity index (χ1v) is 8.34. The molecule has 0 aliphatic heterocycles. The first-order valence-electron chi connectivity index (χ1n) is 7.26. The highest BCUT2D eigenvalue weighted by Crippen LogP contribution is 2.72. The lowest BCUT2D eigenvalue weighted by molar-refractivity contribution is -0.335. The van der Waals surface area contributed by atoms with Crippen LogP contribution in [0, 0.1) is 11.3 Å². The number of alkyl halides is 5. The molecule has 3 fully saturated rings. The predicted octanol–water partition coefficient (Wildman–Crippen LogP) is 5.75. The van der Waals surface area contributed by atoms with E-state index in [4.69, 9.17) is 0 Å². The average molecular weight is 402 g/mol. The molecule has 4 rings (SSSR count). The number of halogens is 5. The van der Waals surface area contributed by atoms with E-state index in [0.717, 1.165) is 6.42 Å². The number of hydrogen-bond acceptors (Lipinski definition) is 0. The van der Waals surface area contributed by atoms with Crippen molar-refractivity contribution >= 4 is 22.6 Å². The molecule has 0 saturated heterocycles. The maximum absolute atomic E-state index is 14.7. The number of fused-ring (bicyclic) bond motifs is 3. The lowest BCUT2D eigenvalue weighted by atomic mass is 9.50. The molecule has 0 aromatic heterocycles. The van der Waals surface area contributed by atoms with Crippen LogP contribution >= 0.6 is 22.6 Å². The first kappa shape index (κ1) is 15.1. The van der Waals surface area contributed by atoms with Crippen molar-refractivity contribution in [1.29, 1.82) is 0 Å². The predicted molar refractivity (Wildman–Crippen MR) is 78.6 cm³/mol. The summed E-state index contributed by atoms with van der Waals surface area (Å²) in [6.07, 6.45) is 4.83. The summed E-state index contributed by atoms with van der Waals surface area (Å²) in [5.41, 5.74) is -0.289. The van der Waals surface area contributed by atoms with Crippen LogP contribution in [0.4, 0.5) is 17.6 Å². The minimum absolute atomic E-state index is 0.218. The van der Waals surface area contributed by atoms with E-state index in [9.17, 15) is 17.6 Å². The van der Waals surface area contributed by atoms with Crippen LogP contribution in [0.2, 0.25) is 0 Å². The summed E-state index contributed by atoms with van der Waals surface area (Å²) in [6.45, 7) is 1.98. The van der Waals surface area contributed by atoms with Crippen LogP contribution in [0.25, 0.3) is 0 Å². The molecule has 2 bridgehead atoms. The van der Waals surface area contributed by atoms with Crippen LogP contribution in [-0.2, 0) is 0 Å². The molecule has 0 amide bonds. The van der Waals surface area contributed by atoms with E-state index >= 15 is 0 Å². The van der Waals surface area contributed by atoms with Crippen LogP contribution < -0.4 is 0 Å². The molecule has 4 aliphatic carbocycles. The lowest BCUT2D eigenvalue weighted by Gasteiger charge is -2.62. The summed E-state index contributed by atoms with van der Waals surface area (Å²) in [4.78, 5) is 0. The Labute approximate surface area is 130 Å². The molecule has 1 atom stereocenters. The highest BCUT2D eigenvalue weighted by Gasteiger charge is 2.81. The second-order valence-corrected chi connectivity index (χ2v) is 8.86. The Hall–Kier alpha value is 0.190. The number of allylic oxidation sites excluding steroid dienone is 2. The van der Waals surface area contributed by atoms with E-state index in [0.29, 0.717) is 12.8 Å². The van der Waals surface area contributed by atoms with Gasteiger partial charge >= 0.3 is 11.8 Å². The van der Waals surface area contributed by atoms with Gasteiger partial charge in [-0.3, -0.25) is 0 Å². The fourth-order valence-electron chi connectivity index (χ4n) is 4.45. The molecule has 0 heterocycles. The van der Waals surface area contributed by atoms with E-state index in [2.05, 4.69) is 0 Å². The van der Waals surface area contributed by atoms with Gasteiger partial charge in [0.05, 0.1) is 3.42 Å². The van der Waals surface area contributed by atoms with Crippen molar-refractivity contribution in [2.24, 2.45) is 11.3 Å². The molecule has 0 nitrogen and oxygen atoms in total. The normalized spacial score (nSPS) is 46.1. The van der Waals surface area contributed by atoms with Crippen molar-refractivity contribution in [2.45, 2.75) is 67.1 Å². The number of rotatable bonds is 1. The smallest absolute Gasteiger partial charge is 0.199 e. The largest absolute Gasteiger partial charge is 0.324 e.